The molecule has 0 saturated carbocycles. The number of hydrogen-bond donors (Lipinski definition) is 0. The fraction of sp³-hybridized carbons (Fsp3) is 0.0476. The topological polar surface area (TPSA) is 42.4 Å². The van der Waals surface area contributed by atoms with Gasteiger partial charge in [-0.15, -0.1) is 0 Å². The Bertz CT molecular complexity index is 1060. The van der Waals surface area contributed by atoms with Crippen LogP contribution in [0.2, 0.25) is 0 Å². The zero-order valence-electron chi connectivity index (χ0n) is 14.1. The fourth-order valence-corrected chi connectivity index (χ4v) is 5.07. The fourth-order valence-electron chi connectivity index (χ4n) is 3.15. The Labute approximate surface area is 164 Å². The van der Waals surface area contributed by atoms with Crippen LogP contribution in [-0.2, 0) is 4.79 Å². The number of carbonyl (C=O) groups excluding carboxylic acids is 1. The highest BCUT2D eigenvalue weighted by atomic mass is 32.2. The molecule has 0 aliphatic carbocycles. The van der Waals surface area contributed by atoms with Gasteiger partial charge in [0, 0.05) is 9.79 Å². The summed E-state index contributed by atoms with van der Waals surface area (Å²) in [5.74, 6) is 0. The smallest absolute Gasteiger partial charge is 0.276 e. The summed E-state index contributed by atoms with van der Waals surface area (Å²) in [6.45, 7) is 0. The number of thiazole rings is 1. The molecule has 3 aromatic carbocycles. The first-order valence-corrected chi connectivity index (χ1v) is 10.1. The molecule has 1 unspecified atom stereocenters. The Hall–Kier alpha value is -2.83. The molecule has 27 heavy (non-hydrogen) atoms. The summed E-state index contributed by atoms with van der Waals surface area (Å²) in [6.07, 6.45) is 0.0315. The van der Waals surface area contributed by atoms with E-state index in [2.05, 4.69) is 17.1 Å². The molecule has 0 radical (unpaired) electrons. The van der Waals surface area contributed by atoms with Crippen molar-refractivity contribution in [2.45, 2.75) is 16.0 Å². The molecule has 132 valence electrons. The van der Waals surface area contributed by atoms with Crippen molar-refractivity contribution in [1.82, 2.24) is 4.98 Å². The second-order valence-electron chi connectivity index (χ2n) is 6.00. The largest absolute Gasteiger partial charge is 0.438 e. The van der Waals surface area contributed by atoms with E-state index in [0.29, 0.717) is 5.19 Å². The molecule has 4 nitrogen and oxygen atoms in total. The number of para-hydroxylation sites is 3. The van der Waals surface area contributed by atoms with Gasteiger partial charge in [-0.05, 0) is 36.4 Å². The maximum Gasteiger partial charge on any atom is 0.276 e. The molecule has 0 saturated heterocycles. The van der Waals surface area contributed by atoms with E-state index in [1.165, 1.54) is 11.3 Å². The lowest BCUT2D eigenvalue weighted by atomic mass is 10.2. The maximum atomic E-state index is 12.0. The lowest BCUT2D eigenvalue weighted by molar-refractivity contribution is -0.113. The van der Waals surface area contributed by atoms with Crippen LogP contribution in [0.4, 0.5) is 11.4 Å². The monoisotopic (exact) mass is 390 g/mol. The Morgan fingerprint density at radius 1 is 0.889 bits per heavy atom. The average Bonchev–Trinajstić information content (AvgIpc) is 3.13. The number of aromatic nitrogens is 1. The molecule has 0 fully saturated rings. The van der Waals surface area contributed by atoms with Crippen molar-refractivity contribution in [2.24, 2.45) is 0 Å². The molecule has 1 aliphatic heterocycles. The summed E-state index contributed by atoms with van der Waals surface area (Å²) >= 11 is 3.14. The van der Waals surface area contributed by atoms with Crippen molar-refractivity contribution < 1.29 is 9.53 Å². The highest BCUT2D eigenvalue weighted by Gasteiger charge is 2.30. The van der Waals surface area contributed by atoms with Crippen molar-refractivity contribution in [3.05, 3.63) is 72.8 Å². The van der Waals surface area contributed by atoms with E-state index in [1.807, 2.05) is 65.6 Å². The molecule has 5 rings (SSSR count). The number of benzene rings is 3. The molecular formula is C21H14N2O2S2. The van der Waals surface area contributed by atoms with E-state index in [-0.39, 0.29) is 0 Å². The van der Waals surface area contributed by atoms with Gasteiger partial charge in [0.2, 0.25) is 6.23 Å². The second kappa shape index (κ2) is 6.72. The van der Waals surface area contributed by atoms with Gasteiger partial charge in [-0.3, -0.25) is 9.69 Å². The summed E-state index contributed by atoms with van der Waals surface area (Å²) < 4.78 is 7.09. The lowest BCUT2D eigenvalue weighted by Crippen LogP contribution is -2.38. The van der Waals surface area contributed by atoms with Crippen LogP contribution in [0.1, 0.15) is 0 Å². The van der Waals surface area contributed by atoms with Crippen molar-refractivity contribution in [1.29, 1.82) is 0 Å². The van der Waals surface area contributed by atoms with Crippen molar-refractivity contribution in [3.8, 4) is 5.19 Å². The first-order chi connectivity index (χ1) is 13.3. The number of fused-ring (bicyclic) bond motifs is 3. The van der Waals surface area contributed by atoms with Gasteiger partial charge in [0.25, 0.3) is 5.19 Å². The minimum absolute atomic E-state index is 0.487. The first kappa shape index (κ1) is 16.4. The molecular weight excluding hydrogens is 376 g/mol. The van der Waals surface area contributed by atoms with Gasteiger partial charge in [0.05, 0.1) is 21.6 Å². The highest BCUT2D eigenvalue weighted by Crippen LogP contribution is 2.48. The average molecular weight is 390 g/mol. The Balaban J connectivity index is 1.58. The summed E-state index contributed by atoms with van der Waals surface area (Å²) in [6, 6.07) is 23.9. The Kier molecular flexibility index (Phi) is 4.07. The first-order valence-electron chi connectivity index (χ1n) is 8.46. The Morgan fingerprint density at radius 2 is 1.52 bits per heavy atom. The minimum atomic E-state index is -0.797. The molecule has 0 spiro atoms. The van der Waals surface area contributed by atoms with E-state index in [9.17, 15) is 4.79 Å². The van der Waals surface area contributed by atoms with Gasteiger partial charge in [0.1, 0.15) is 0 Å². The van der Waals surface area contributed by atoms with Gasteiger partial charge in [-0.1, -0.05) is 59.5 Å². The van der Waals surface area contributed by atoms with Crippen LogP contribution in [0, 0.1) is 0 Å². The number of rotatable bonds is 4. The Morgan fingerprint density at radius 3 is 2.19 bits per heavy atom. The number of aldehydes is 1. The molecule has 1 aromatic heterocycles. The minimum Gasteiger partial charge on any atom is -0.438 e. The predicted octanol–water partition coefficient (Wildman–Crippen LogP) is 5.50. The molecule has 6 heteroatoms. The number of ether oxygens (including phenoxy) is 1. The summed E-state index contributed by atoms with van der Waals surface area (Å²) in [4.78, 5) is 20.7. The SMILES string of the molecule is O=CC(Oc1nc2ccccc2s1)N1c2ccccc2Sc2ccccc21. The van der Waals surface area contributed by atoms with Crippen LogP contribution in [0.25, 0.3) is 10.2 Å². The lowest BCUT2D eigenvalue weighted by Gasteiger charge is -2.35. The van der Waals surface area contributed by atoms with E-state index in [4.69, 9.17) is 4.74 Å². The molecule has 2 heterocycles. The van der Waals surface area contributed by atoms with Crippen LogP contribution >= 0.6 is 23.1 Å². The molecule has 0 bridgehead atoms. The van der Waals surface area contributed by atoms with Crippen LogP contribution in [-0.4, -0.2) is 17.5 Å². The summed E-state index contributed by atoms with van der Waals surface area (Å²) in [5.41, 5.74) is 2.79. The quantitative estimate of drug-likeness (QED) is 0.430. The molecule has 1 aliphatic rings. The zero-order chi connectivity index (χ0) is 18.2. The van der Waals surface area contributed by atoms with Gasteiger partial charge in [-0.2, -0.15) is 0 Å². The number of anilines is 2. The molecule has 1 atom stereocenters. The number of carbonyl (C=O) groups is 1. The van der Waals surface area contributed by atoms with Crippen molar-refractivity contribution >= 4 is 51.0 Å². The molecule has 0 N–H and O–H groups in total. The van der Waals surface area contributed by atoms with E-state index in [1.54, 1.807) is 11.8 Å². The maximum absolute atomic E-state index is 12.0. The summed E-state index contributed by atoms with van der Waals surface area (Å²) in [5, 5.41) is 0.487. The third kappa shape index (κ3) is 2.87. The van der Waals surface area contributed by atoms with E-state index >= 15 is 0 Å². The van der Waals surface area contributed by atoms with Crippen LogP contribution < -0.4 is 9.64 Å². The number of nitrogens with zero attached hydrogens (tertiary/aromatic N) is 2. The molecule has 0 amide bonds. The van der Waals surface area contributed by atoms with Crippen LogP contribution in [0.3, 0.4) is 0 Å². The van der Waals surface area contributed by atoms with Crippen LogP contribution in [0.5, 0.6) is 5.19 Å². The normalized spacial score (nSPS) is 13.7. The molecule has 4 aromatic rings. The van der Waals surface area contributed by atoms with Gasteiger partial charge in [0.15, 0.2) is 6.29 Å². The van der Waals surface area contributed by atoms with Gasteiger partial charge < -0.3 is 4.74 Å². The van der Waals surface area contributed by atoms with Crippen molar-refractivity contribution in [2.75, 3.05) is 4.90 Å². The summed E-state index contributed by atoms with van der Waals surface area (Å²) in [7, 11) is 0. The standard InChI is InChI=1S/C21H14N2O2S2/c24-13-20(25-21-22-14-7-1-4-10-17(14)27-21)23-15-8-2-5-11-18(15)26-19-12-6-3-9-16(19)23/h1-13,20H. The third-order valence-electron chi connectivity index (χ3n) is 4.34. The van der Waals surface area contributed by atoms with Gasteiger partial charge in [-0.25, -0.2) is 4.98 Å². The van der Waals surface area contributed by atoms with E-state index < -0.39 is 6.23 Å². The third-order valence-corrected chi connectivity index (χ3v) is 6.39. The number of hydrogen-bond acceptors (Lipinski definition) is 6. The zero-order valence-corrected chi connectivity index (χ0v) is 15.7. The highest BCUT2D eigenvalue weighted by molar-refractivity contribution is 7.99. The van der Waals surface area contributed by atoms with Crippen LogP contribution in [0.15, 0.2) is 82.6 Å². The van der Waals surface area contributed by atoms with E-state index in [0.717, 1.165) is 37.7 Å². The van der Waals surface area contributed by atoms with Crippen molar-refractivity contribution in [3.63, 3.8) is 0 Å². The van der Waals surface area contributed by atoms with Gasteiger partial charge >= 0.3 is 0 Å². The second-order valence-corrected chi connectivity index (χ2v) is 8.08. The predicted molar refractivity (Wildman–Crippen MR) is 109 cm³/mol.